The quantitative estimate of drug-likeness (QED) is 0.549. The van der Waals surface area contributed by atoms with Gasteiger partial charge in [-0.3, -0.25) is 0 Å². The Morgan fingerprint density at radius 1 is 1.41 bits per heavy atom. The Balaban J connectivity index is 2.66. The smallest absolute Gasteiger partial charge is 0.465 e. The lowest BCUT2D eigenvalue weighted by Gasteiger charge is -2.01. The molecule has 0 aliphatic rings. The Labute approximate surface area is 98.4 Å². The Hall–Kier alpha value is -1.79. The van der Waals surface area contributed by atoms with Crippen molar-refractivity contribution in [2.75, 3.05) is 7.11 Å². The molecule has 0 atom stereocenters. The predicted octanol–water partition coefficient (Wildman–Crippen LogP) is -0.355. The van der Waals surface area contributed by atoms with Crippen molar-refractivity contribution in [3.8, 4) is 0 Å². The van der Waals surface area contributed by atoms with Crippen LogP contribution in [0.5, 0.6) is 0 Å². The number of fused-ring (bicyclic) bond motifs is 1. The molecule has 0 fully saturated rings. The van der Waals surface area contributed by atoms with E-state index in [4.69, 9.17) is 0 Å². The van der Waals surface area contributed by atoms with E-state index in [2.05, 4.69) is 4.74 Å². The van der Waals surface area contributed by atoms with Crippen molar-refractivity contribution in [1.82, 2.24) is 4.57 Å². The van der Waals surface area contributed by atoms with Crippen molar-refractivity contribution in [2.24, 2.45) is 7.05 Å². The van der Waals surface area contributed by atoms with Crippen LogP contribution in [0.1, 0.15) is 10.4 Å². The van der Waals surface area contributed by atoms with E-state index in [0.29, 0.717) is 16.4 Å². The number of benzene rings is 1. The molecule has 0 radical (unpaired) electrons. The summed E-state index contributed by atoms with van der Waals surface area (Å²) in [5.41, 5.74) is 1.57. The van der Waals surface area contributed by atoms with Gasteiger partial charge < -0.3 is 19.4 Å². The molecule has 1 aromatic carbocycles. The second-order valence-electron chi connectivity index (χ2n) is 3.79. The molecule has 1 aromatic heterocycles. The minimum Gasteiger partial charge on any atom is -0.465 e. The Morgan fingerprint density at radius 3 is 2.71 bits per heavy atom. The lowest BCUT2D eigenvalue weighted by Crippen LogP contribution is -2.29. The molecule has 0 unspecified atom stereocenters. The van der Waals surface area contributed by atoms with E-state index >= 15 is 0 Å². The van der Waals surface area contributed by atoms with E-state index in [1.807, 2.05) is 0 Å². The van der Waals surface area contributed by atoms with Crippen LogP contribution >= 0.6 is 0 Å². The second-order valence-corrected chi connectivity index (χ2v) is 3.79. The van der Waals surface area contributed by atoms with Crippen LogP contribution in [0.15, 0.2) is 24.4 Å². The molecular weight excluding hydrogens is 221 g/mol. The number of ether oxygens (including phenoxy) is 1. The molecule has 0 aliphatic carbocycles. The number of nitrogens with zero attached hydrogens (tertiary/aromatic N) is 1. The van der Waals surface area contributed by atoms with E-state index in [0.717, 1.165) is 5.52 Å². The highest BCUT2D eigenvalue weighted by Crippen LogP contribution is 2.16. The zero-order chi connectivity index (χ0) is 12.6. The van der Waals surface area contributed by atoms with Crippen molar-refractivity contribution in [1.29, 1.82) is 0 Å². The van der Waals surface area contributed by atoms with Crippen molar-refractivity contribution < 1.29 is 19.6 Å². The maximum Gasteiger partial charge on any atom is 0.490 e. The second kappa shape index (κ2) is 4.23. The van der Waals surface area contributed by atoms with Crippen molar-refractivity contribution >= 4 is 29.5 Å². The predicted molar refractivity (Wildman–Crippen MR) is 64.1 cm³/mol. The van der Waals surface area contributed by atoms with Gasteiger partial charge in [-0.15, -0.1) is 0 Å². The maximum atomic E-state index is 11.4. The number of rotatable bonds is 2. The summed E-state index contributed by atoms with van der Waals surface area (Å²) >= 11 is 0. The van der Waals surface area contributed by atoms with Gasteiger partial charge >= 0.3 is 13.1 Å². The van der Waals surface area contributed by atoms with Crippen molar-refractivity contribution in [3.05, 3.63) is 30.0 Å². The number of carbonyl (C=O) groups excluding carboxylic acids is 1. The maximum absolute atomic E-state index is 11.4. The van der Waals surface area contributed by atoms with Gasteiger partial charge in [-0.25, -0.2) is 4.79 Å². The summed E-state index contributed by atoms with van der Waals surface area (Å²) in [6.45, 7) is 0. The number of esters is 1. The molecule has 1 heterocycles. The lowest BCUT2D eigenvalue weighted by atomic mass is 9.80. The van der Waals surface area contributed by atoms with Crippen LogP contribution in [-0.4, -0.2) is 34.8 Å². The van der Waals surface area contributed by atoms with Gasteiger partial charge in [0, 0.05) is 29.6 Å². The molecule has 2 N–H and O–H groups in total. The largest absolute Gasteiger partial charge is 0.490 e. The third-order valence-corrected chi connectivity index (χ3v) is 2.72. The molecule has 5 nitrogen and oxygen atoms in total. The van der Waals surface area contributed by atoms with Gasteiger partial charge in [0.25, 0.3) is 0 Å². The van der Waals surface area contributed by atoms with Crippen LogP contribution in [0.25, 0.3) is 10.9 Å². The highest BCUT2D eigenvalue weighted by Gasteiger charge is 2.19. The summed E-state index contributed by atoms with van der Waals surface area (Å²) in [6.07, 6.45) is 1.62. The number of methoxy groups -OCH3 is 1. The molecule has 88 valence electrons. The highest BCUT2D eigenvalue weighted by atomic mass is 16.5. The molecule has 0 spiro atoms. The van der Waals surface area contributed by atoms with E-state index in [9.17, 15) is 14.8 Å². The summed E-state index contributed by atoms with van der Waals surface area (Å²) in [5.74, 6) is -0.450. The van der Waals surface area contributed by atoms with Gasteiger partial charge in [0.15, 0.2) is 0 Å². The van der Waals surface area contributed by atoms with Crippen LogP contribution in [0, 0.1) is 0 Å². The summed E-state index contributed by atoms with van der Waals surface area (Å²) in [4.78, 5) is 11.4. The fraction of sp³-hybridized carbons (Fsp3) is 0.182. The molecule has 0 amide bonds. The molecule has 2 rings (SSSR count). The van der Waals surface area contributed by atoms with Gasteiger partial charge in [-0.2, -0.15) is 0 Å². The standard InChI is InChI=1S/C11H12BNO4/c1-13-6-9(12(15)16)8-5-7(11(14)17-2)3-4-10(8)13/h3-6,15-16H,1-2H3. The van der Waals surface area contributed by atoms with Gasteiger partial charge in [0.1, 0.15) is 0 Å². The van der Waals surface area contributed by atoms with E-state index in [1.165, 1.54) is 7.11 Å². The first-order valence-corrected chi connectivity index (χ1v) is 5.08. The van der Waals surface area contributed by atoms with Gasteiger partial charge in [0.05, 0.1) is 12.7 Å². The number of carbonyl (C=O) groups is 1. The van der Waals surface area contributed by atoms with E-state index in [-0.39, 0.29) is 0 Å². The Bertz CT molecular complexity index is 576. The Kier molecular flexibility index (Phi) is 2.91. The molecule has 6 heteroatoms. The first kappa shape index (κ1) is 11.7. The molecule has 17 heavy (non-hydrogen) atoms. The molecule has 0 saturated heterocycles. The SMILES string of the molecule is COC(=O)c1ccc2c(c1)c(B(O)O)cn2C. The summed E-state index contributed by atoms with van der Waals surface area (Å²) < 4.78 is 6.39. The normalized spacial score (nSPS) is 10.6. The third-order valence-electron chi connectivity index (χ3n) is 2.72. The fourth-order valence-electron chi connectivity index (χ4n) is 1.87. The monoisotopic (exact) mass is 233 g/mol. The summed E-state index contributed by atoms with van der Waals surface area (Å²) in [5, 5.41) is 19.1. The first-order chi connectivity index (χ1) is 8.04. The van der Waals surface area contributed by atoms with E-state index in [1.54, 1.807) is 36.0 Å². The highest BCUT2D eigenvalue weighted by molar-refractivity contribution is 6.62. The van der Waals surface area contributed by atoms with Crippen LogP contribution in [0.2, 0.25) is 0 Å². The molecular formula is C11H12BNO4. The average molecular weight is 233 g/mol. The summed E-state index contributed by atoms with van der Waals surface area (Å²) in [7, 11) is 1.54. The van der Waals surface area contributed by atoms with Crippen LogP contribution in [0.3, 0.4) is 0 Å². The van der Waals surface area contributed by atoms with Crippen LogP contribution < -0.4 is 5.46 Å². The van der Waals surface area contributed by atoms with Crippen LogP contribution in [0.4, 0.5) is 0 Å². The third kappa shape index (κ3) is 1.92. The minimum atomic E-state index is -1.56. The molecule has 0 saturated carbocycles. The number of hydrogen-bond acceptors (Lipinski definition) is 4. The number of aryl methyl sites for hydroxylation is 1. The zero-order valence-electron chi connectivity index (χ0n) is 9.54. The van der Waals surface area contributed by atoms with Gasteiger partial charge in [0.2, 0.25) is 0 Å². The topological polar surface area (TPSA) is 71.7 Å². The zero-order valence-corrected chi connectivity index (χ0v) is 9.54. The van der Waals surface area contributed by atoms with Gasteiger partial charge in [-0.1, -0.05) is 0 Å². The minimum absolute atomic E-state index is 0.369. The first-order valence-electron chi connectivity index (χ1n) is 5.08. The summed E-state index contributed by atoms with van der Waals surface area (Å²) in [6, 6.07) is 4.98. The molecule has 0 bridgehead atoms. The fourth-order valence-corrected chi connectivity index (χ4v) is 1.87. The number of hydrogen-bond donors (Lipinski definition) is 2. The lowest BCUT2D eigenvalue weighted by molar-refractivity contribution is 0.0601. The van der Waals surface area contributed by atoms with E-state index < -0.39 is 13.1 Å². The molecule has 2 aromatic rings. The van der Waals surface area contributed by atoms with Gasteiger partial charge in [-0.05, 0) is 18.2 Å². The van der Waals surface area contributed by atoms with Crippen molar-refractivity contribution in [2.45, 2.75) is 0 Å². The number of aromatic nitrogens is 1. The van der Waals surface area contributed by atoms with Crippen LogP contribution in [-0.2, 0) is 11.8 Å². The molecule has 0 aliphatic heterocycles. The average Bonchev–Trinajstić information content (AvgIpc) is 2.65. The van der Waals surface area contributed by atoms with Crippen molar-refractivity contribution in [3.63, 3.8) is 0 Å². The Morgan fingerprint density at radius 2 is 2.12 bits per heavy atom.